The van der Waals surface area contributed by atoms with Crippen molar-refractivity contribution in [2.45, 2.75) is 13.0 Å². The molecule has 0 saturated carbocycles. The quantitative estimate of drug-likeness (QED) is 0.424. The van der Waals surface area contributed by atoms with E-state index in [0.717, 1.165) is 25.3 Å². The van der Waals surface area contributed by atoms with Gasteiger partial charge in [0.2, 0.25) is 0 Å². The summed E-state index contributed by atoms with van der Waals surface area (Å²) in [4.78, 5) is 46.6. The summed E-state index contributed by atoms with van der Waals surface area (Å²) in [5.74, 6) is -1.96. The number of nitrogens with one attached hydrogen (secondary N) is 1. The number of amides is 1. The molecule has 0 heterocycles. The third-order valence-corrected chi connectivity index (χ3v) is 3.78. The molecule has 0 aliphatic rings. The fourth-order valence-corrected chi connectivity index (χ4v) is 2.30. The van der Waals surface area contributed by atoms with Gasteiger partial charge in [-0.3, -0.25) is 14.9 Å². The van der Waals surface area contributed by atoms with Crippen molar-refractivity contribution >= 4 is 29.2 Å². The van der Waals surface area contributed by atoms with Gasteiger partial charge >= 0.3 is 11.9 Å². The molecular formula is C19H18N2O8. The maximum atomic E-state index is 12.4. The smallest absolute Gasteiger partial charge is 0.339 e. The van der Waals surface area contributed by atoms with Crippen LogP contribution in [0.15, 0.2) is 42.5 Å². The van der Waals surface area contributed by atoms with Crippen molar-refractivity contribution in [1.82, 2.24) is 0 Å². The molecule has 152 valence electrons. The lowest BCUT2D eigenvalue weighted by molar-refractivity contribution is -0.384. The second kappa shape index (κ2) is 9.31. The number of hydrogen-bond acceptors (Lipinski definition) is 8. The van der Waals surface area contributed by atoms with Crippen molar-refractivity contribution in [3.63, 3.8) is 0 Å². The lowest BCUT2D eigenvalue weighted by Crippen LogP contribution is -2.30. The predicted molar refractivity (Wildman–Crippen MR) is 101 cm³/mol. The SMILES string of the molecule is COC(=O)c1cc(C(=O)OC(C)C(=O)Nc2cccc(OC)c2)cc([N+](=O)[O-])c1. The van der Waals surface area contributed by atoms with Crippen LogP contribution in [0.25, 0.3) is 0 Å². The van der Waals surface area contributed by atoms with Gasteiger partial charge in [0, 0.05) is 23.9 Å². The molecule has 0 saturated heterocycles. The van der Waals surface area contributed by atoms with Gasteiger partial charge in [-0.2, -0.15) is 0 Å². The summed E-state index contributed by atoms with van der Waals surface area (Å²) in [7, 11) is 2.58. The van der Waals surface area contributed by atoms with E-state index in [2.05, 4.69) is 10.1 Å². The number of ether oxygens (including phenoxy) is 3. The van der Waals surface area contributed by atoms with Crippen LogP contribution < -0.4 is 10.1 Å². The molecule has 0 spiro atoms. The van der Waals surface area contributed by atoms with Gasteiger partial charge in [-0.15, -0.1) is 0 Å². The van der Waals surface area contributed by atoms with Gasteiger partial charge in [0.05, 0.1) is 30.3 Å². The van der Waals surface area contributed by atoms with Crippen LogP contribution in [-0.2, 0) is 14.3 Å². The Morgan fingerprint density at radius 3 is 2.28 bits per heavy atom. The Bertz CT molecular complexity index is 957. The average Bonchev–Trinajstić information content (AvgIpc) is 2.72. The first-order valence-electron chi connectivity index (χ1n) is 8.29. The molecule has 1 atom stereocenters. The molecule has 1 amide bonds. The monoisotopic (exact) mass is 402 g/mol. The number of esters is 2. The number of nitro groups is 1. The Labute approximate surface area is 165 Å². The first-order chi connectivity index (χ1) is 13.7. The number of hydrogen-bond donors (Lipinski definition) is 1. The Morgan fingerprint density at radius 2 is 1.69 bits per heavy atom. The van der Waals surface area contributed by atoms with Gasteiger partial charge in [-0.1, -0.05) is 6.07 Å². The van der Waals surface area contributed by atoms with E-state index in [4.69, 9.17) is 9.47 Å². The van der Waals surface area contributed by atoms with Crippen LogP contribution in [0.5, 0.6) is 5.75 Å². The third kappa shape index (κ3) is 5.51. The third-order valence-electron chi connectivity index (χ3n) is 3.78. The number of carbonyl (C=O) groups excluding carboxylic acids is 3. The molecule has 0 aliphatic carbocycles. The minimum atomic E-state index is -1.21. The summed E-state index contributed by atoms with van der Waals surface area (Å²) in [5, 5.41) is 13.6. The number of methoxy groups -OCH3 is 2. The number of rotatable bonds is 7. The van der Waals surface area contributed by atoms with Crippen LogP contribution in [0.2, 0.25) is 0 Å². The van der Waals surface area contributed by atoms with Crippen molar-refractivity contribution in [3.05, 3.63) is 63.7 Å². The van der Waals surface area contributed by atoms with Gasteiger partial charge in [0.25, 0.3) is 11.6 Å². The van der Waals surface area contributed by atoms with Gasteiger partial charge in [-0.05, 0) is 25.1 Å². The van der Waals surface area contributed by atoms with Gasteiger partial charge in [0.1, 0.15) is 5.75 Å². The van der Waals surface area contributed by atoms with Gasteiger partial charge < -0.3 is 19.5 Å². The van der Waals surface area contributed by atoms with E-state index >= 15 is 0 Å². The first-order valence-corrected chi connectivity index (χ1v) is 8.29. The summed E-state index contributed by atoms with van der Waals surface area (Å²) in [5.41, 5.74) is -0.517. The fourth-order valence-electron chi connectivity index (χ4n) is 2.30. The maximum Gasteiger partial charge on any atom is 0.339 e. The molecule has 0 aliphatic heterocycles. The molecule has 2 rings (SSSR count). The van der Waals surface area contributed by atoms with E-state index in [1.54, 1.807) is 24.3 Å². The lowest BCUT2D eigenvalue weighted by atomic mass is 10.1. The zero-order valence-electron chi connectivity index (χ0n) is 15.8. The zero-order chi connectivity index (χ0) is 21.6. The number of nitro benzene ring substituents is 1. The highest BCUT2D eigenvalue weighted by atomic mass is 16.6. The van der Waals surface area contributed by atoms with E-state index in [0.29, 0.717) is 11.4 Å². The second-order valence-electron chi connectivity index (χ2n) is 5.79. The number of carbonyl (C=O) groups is 3. The zero-order valence-corrected chi connectivity index (χ0v) is 15.8. The highest BCUT2D eigenvalue weighted by Crippen LogP contribution is 2.20. The van der Waals surface area contributed by atoms with Crippen LogP contribution >= 0.6 is 0 Å². The minimum Gasteiger partial charge on any atom is -0.497 e. The topological polar surface area (TPSA) is 134 Å². The van der Waals surface area contributed by atoms with Crippen LogP contribution in [0.1, 0.15) is 27.6 Å². The summed E-state index contributed by atoms with van der Waals surface area (Å²) in [6, 6.07) is 9.58. The van der Waals surface area contributed by atoms with Crippen LogP contribution in [-0.4, -0.2) is 43.1 Å². The minimum absolute atomic E-state index is 0.192. The van der Waals surface area contributed by atoms with Crippen LogP contribution in [0, 0.1) is 10.1 Å². The Hall–Kier alpha value is -3.95. The van der Waals surface area contributed by atoms with E-state index in [1.807, 2.05) is 0 Å². The van der Waals surface area contributed by atoms with E-state index in [1.165, 1.54) is 14.0 Å². The molecule has 0 radical (unpaired) electrons. The van der Waals surface area contributed by atoms with Crippen molar-refractivity contribution in [1.29, 1.82) is 0 Å². The molecule has 1 unspecified atom stereocenters. The van der Waals surface area contributed by atoms with Crippen LogP contribution in [0.3, 0.4) is 0 Å². The predicted octanol–water partition coefficient (Wildman–Crippen LogP) is 2.57. The molecule has 2 aromatic rings. The summed E-state index contributed by atoms with van der Waals surface area (Å²) in [6.07, 6.45) is -1.21. The first kappa shape index (κ1) is 21.4. The lowest BCUT2D eigenvalue weighted by Gasteiger charge is -2.14. The van der Waals surface area contributed by atoms with Crippen molar-refractivity contribution < 1.29 is 33.5 Å². The fraction of sp³-hybridized carbons (Fsp3) is 0.211. The highest BCUT2D eigenvalue weighted by Gasteiger charge is 2.23. The molecule has 0 aromatic heterocycles. The molecular weight excluding hydrogens is 384 g/mol. The normalized spacial score (nSPS) is 11.1. The average molecular weight is 402 g/mol. The van der Waals surface area contributed by atoms with Crippen LogP contribution in [0.4, 0.5) is 11.4 Å². The summed E-state index contributed by atoms with van der Waals surface area (Å²) < 4.78 is 14.7. The summed E-state index contributed by atoms with van der Waals surface area (Å²) >= 11 is 0. The Kier molecular flexibility index (Phi) is 6.85. The van der Waals surface area contributed by atoms with E-state index in [9.17, 15) is 24.5 Å². The van der Waals surface area contributed by atoms with E-state index < -0.39 is 34.6 Å². The Balaban J connectivity index is 2.15. The largest absolute Gasteiger partial charge is 0.497 e. The van der Waals surface area contributed by atoms with Crippen molar-refractivity contribution in [3.8, 4) is 5.75 Å². The standard InChI is InChI=1S/C19H18N2O8/c1-11(17(22)20-14-5-4-6-16(10-14)27-2)29-19(24)13-7-12(18(23)28-3)8-15(9-13)21(25)26/h4-11H,1-3H3,(H,20,22). The van der Waals surface area contributed by atoms with E-state index in [-0.39, 0.29) is 11.1 Å². The molecule has 0 bridgehead atoms. The molecule has 0 fully saturated rings. The molecule has 1 N–H and O–H groups in total. The molecule has 29 heavy (non-hydrogen) atoms. The molecule has 2 aromatic carbocycles. The van der Waals surface area contributed by atoms with Crippen molar-refractivity contribution in [2.24, 2.45) is 0 Å². The number of anilines is 1. The molecule has 10 nitrogen and oxygen atoms in total. The Morgan fingerprint density at radius 1 is 1.03 bits per heavy atom. The number of non-ortho nitro benzene ring substituents is 1. The number of nitrogens with zero attached hydrogens (tertiary/aromatic N) is 1. The number of benzene rings is 2. The maximum absolute atomic E-state index is 12.4. The molecule has 10 heteroatoms. The second-order valence-corrected chi connectivity index (χ2v) is 5.79. The van der Waals surface area contributed by atoms with Gasteiger partial charge in [0.15, 0.2) is 6.10 Å². The van der Waals surface area contributed by atoms with Crippen molar-refractivity contribution in [2.75, 3.05) is 19.5 Å². The highest BCUT2D eigenvalue weighted by molar-refractivity contribution is 5.99. The summed E-state index contributed by atoms with van der Waals surface area (Å²) in [6.45, 7) is 1.34. The van der Waals surface area contributed by atoms with Gasteiger partial charge in [-0.25, -0.2) is 9.59 Å².